The molecule has 1 saturated heterocycles. The Morgan fingerprint density at radius 2 is 2.00 bits per heavy atom. The van der Waals surface area contributed by atoms with Gasteiger partial charge in [0.05, 0.1) is 19.0 Å². The van der Waals surface area contributed by atoms with Gasteiger partial charge in [-0.05, 0) is 32.2 Å². The first-order valence-electron chi connectivity index (χ1n) is 14.5. The quantitative estimate of drug-likeness (QED) is 0.0843. The number of alkyl halides is 1. The van der Waals surface area contributed by atoms with Crippen LogP contribution in [0.1, 0.15) is 27.0 Å². The van der Waals surface area contributed by atoms with Gasteiger partial charge >= 0.3 is 12.7 Å². The third kappa shape index (κ3) is 7.01. The Bertz CT molecular complexity index is 1870. The number of hydrogen-bond donors (Lipinski definition) is 3. The summed E-state index contributed by atoms with van der Waals surface area (Å²) in [6.45, 7) is -0.00237. The summed E-state index contributed by atoms with van der Waals surface area (Å²) in [5.74, 6) is 1.96. The van der Waals surface area contributed by atoms with Gasteiger partial charge < -0.3 is 33.9 Å². The second kappa shape index (κ2) is 13.6. The second-order valence-corrected chi connectivity index (χ2v) is 15.0. The molecule has 6 atom stereocenters. The molecule has 1 unspecified atom stereocenters. The first-order valence-corrected chi connectivity index (χ1v) is 17.5. The van der Waals surface area contributed by atoms with Crippen LogP contribution in [0.3, 0.4) is 0 Å². The largest absolute Gasteiger partial charge is 0.462 e. The highest BCUT2D eigenvalue weighted by Gasteiger charge is 2.58. The number of nitrogens with two attached hydrogens (primary N) is 1. The number of fused-ring (bicyclic) bond motifs is 2. The van der Waals surface area contributed by atoms with E-state index >= 15 is 4.39 Å². The number of esters is 1. The van der Waals surface area contributed by atoms with E-state index < -0.39 is 55.5 Å². The van der Waals surface area contributed by atoms with Gasteiger partial charge in [-0.15, -0.1) is 6.42 Å². The molecule has 3 heterocycles. The van der Waals surface area contributed by atoms with Crippen LogP contribution in [0.4, 0.5) is 16.2 Å². The number of nitrogens with zero attached hydrogens (tertiary/aromatic N) is 5. The molecule has 2 aromatic heterocycles. The van der Waals surface area contributed by atoms with Crippen molar-refractivity contribution in [2.24, 2.45) is 0 Å². The zero-order valence-electron chi connectivity index (χ0n) is 26.2. The Balaban J connectivity index is 1.41. The van der Waals surface area contributed by atoms with Crippen LogP contribution < -0.4 is 19.9 Å². The lowest BCUT2D eigenvalue weighted by Crippen LogP contribution is -2.42. The number of benzene rings is 2. The zero-order valence-corrected chi connectivity index (χ0v) is 27.9. The lowest BCUT2D eigenvalue weighted by atomic mass is 9.97. The SMILES string of the molecule is C#C[C@@]1(F)[C@H](O)[C@@H](COP(=O)(N[C@H](C)C(=O)OC(C)C)SOc2cccc3ccccc23)O[C@H]1n1cnc2c(N(C)C)nc(N)nc21. The molecule has 4 N–H and O–H groups in total. The van der Waals surface area contributed by atoms with Gasteiger partial charge in [-0.3, -0.25) is 13.9 Å². The highest BCUT2D eigenvalue weighted by atomic mass is 32.7. The number of imidazole rings is 1. The molecule has 0 saturated carbocycles. The molecule has 0 aliphatic carbocycles. The molecule has 14 nitrogen and oxygen atoms in total. The van der Waals surface area contributed by atoms with Crippen LogP contribution in [0, 0.1) is 12.3 Å². The predicted molar refractivity (Wildman–Crippen MR) is 176 cm³/mol. The van der Waals surface area contributed by atoms with Crippen molar-refractivity contribution < 1.29 is 37.0 Å². The van der Waals surface area contributed by atoms with Crippen molar-refractivity contribution in [3.8, 4) is 18.1 Å². The molecule has 1 aliphatic heterocycles. The van der Waals surface area contributed by atoms with Gasteiger partial charge in [0, 0.05) is 19.5 Å². The average Bonchev–Trinajstić information content (AvgIpc) is 3.56. The normalized spacial score (nSPS) is 23.0. The van der Waals surface area contributed by atoms with Crippen molar-refractivity contribution in [1.29, 1.82) is 0 Å². The van der Waals surface area contributed by atoms with E-state index in [2.05, 4.69) is 20.0 Å². The van der Waals surface area contributed by atoms with Crippen molar-refractivity contribution >= 4 is 58.1 Å². The van der Waals surface area contributed by atoms with E-state index in [1.807, 2.05) is 36.3 Å². The number of carbonyl (C=O) groups excluding carboxylic acids is 1. The summed E-state index contributed by atoms with van der Waals surface area (Å²) in [4.78, 5) is 26.9. The Kier molecular flexibility index (Phi) is 9.97. The highest BCUT2D eigenvalue weighted by Crippen LogP contribution is 2.58. The Morgan fingerprint density at radius 1 is 1.28 bits per heavy atom. The van der Waals surface area contributed by atoms with Crippen molar-refractivity contribution in [2.75, 3.05) is 31.3 Å². The minimum Gasteiger partial charge on any atom is -0.462 e. The molecule has 0 radical (unpaired) electrons. The first kappa shape index (κ1) is 34.4. The molecule has 250 valence electrons. The van der Waals surface area contributed by atoms with Gasteiger partial charge in [0.15, 0.2) is 34.9 Å². The molecular formula is C30H35FN7O7PS. The molecule has 17 heteroatoms. The van der Waals surface area contributed by atoms with E-state index in [0.29, 0.717) is 28.7 Å². The molecule has 47 heavy (non-hydrogen) atoms. The number of aliphatic hydroxyl groups is 1. The number of nitrogens with one attached hydrogen (secondary N) is 1. The number of terminal acetylenes is 1. The summed E-state index contributed by atoms with van der Waals surface area (Å²) >= 11 is 0.445. The third-order valence-corrected chi connectivity index (χ3v) is 10.3. The Labute approximate surface area is 274 Å². The standard InChI is InChI=1S/C30H35FN7O7PS/c1-7-30(31)24(39)22(44-28(30)38-16-33-23-25(37(5)6)34-29(32)35-26(23)38)15-42-46(41,36-18(4)27(40)43-17(2)3)47-45-21-14-10-12-19-11-8-9-13-20(19)21/h1,8-14,16-18,22,24,28,39H,15H2,2-6H3,(H,36,41)(H2,32,34,35)/t18-,22-,24-,28-,30-,46?/m1/s1. The first-order chi connectivity index (χ1) is 22.3. The number of carbonyl (C=O) groups is 1. The van der Waals surface area contributed by atoms with Crippen molar-refractivity contribution in [2.45, 2.75) is 57.0 Å². The maximum Gasteiger partial charge on any atom is 0.365 e. The number of anilines is 2. The van der Waals surface area contributed by atoms with E-state index in [1.54, 1.807) is 45.0 Å². The zero-order chi connectivity index (χ0) is 34.1. The molecule has 0 bridgehead atoms. The Hall–Kier alpha value is -3.97. The summed E-state index contributed by atoms with van der Waals surface area (Å²) in [6.07, 6.45) is 1.42. The van der Waals surface area contributed by atoms with Crippen LogP contribution in [0.15, 0.2) is 48.8 Å². The Morgan fingerprint density at radius 3 is 2.70 bits per heavy atom. The van der Waals surface area contributed by atoms with E-state index in [9.17, 15) is 14.5 Å². The number of ether oxygens (including phenoxy) is 2. The maximum absolute atomic E-state index is 16.4. The van der Waals surface area contributed by atoms with E-state index in [1.165, 1.54) is 17.8 Å². The molecule has 4 aromatic rings. The highest BCUT2D eigenvalue weighted by molar-refractivity contribution is 8.53. The van der Waals surface area contributed by atoms with Crippen molar-refractivity contribution in [3.05, 3.63) is 48.8 Å². The van der Waals surface area contributed by atoms with Gasteiger partial charge in [0.1, 0.15) is 24.0 Å². The number of aromatic nitrogens is 4. The van der Waals surface area contributed by atoms with Crippen LogP contribution in [-0.4, -0.2) is 81.3 Å². The van der Waals surface area contributed by atoms with E-state index in [0.717, 1.165) is 10.8 Å². The maximum atomic E-state index is 16.4. The van der Waals surface area contributed by atoms with Crippen molar-refractivity contribution in [1.82, 2.24) is 24.6 Å². The predicted octanol–water partition coefficient (Wildman–Crippen LogP) is 4.01. The number of hydrogen-bond acceptors (Lipinski definition) is 13. The topological polar surface area (TPSA) is 176 Å². The fourth-order valence-electron chi connectivity index (χ4n) is 4.95. The van der Waals surface area contributed by atoms with Crippen molar-refractivity contribution in [3.63, 3.8) is 0 Å². The molecule has 2 aromatic carbocycles. The molecule has 1 aliphatic rings. The van der Waals surface area contributed by atoms with E-state index in [-0.39, 0.29) is 11.6 Å². The third-order valence-electron chi connectivity index (χ3n) is 7.20. The summed E-state index contributed by atoms with van der Waals surface area (Å²) in [5, 5.41) is 15.4. The fraction of sp³-hybridized carbons (Fsp3) is 0.400. The van der Waals surface area contributed by atoms with Gasteiger partial charge in [-0.2, -0.15) is 9.97 Å². The second-order valence-electron chi connectivity index (χ2n) is 11.3. The van der Waals surface area contributed by atoms with Crippen LogP contribution in [0.5, 0.6) is 5.75 Å². The van der Waals surface area contributed by atoms with Gasteiger partial charge in [-0.25, -0.2) is 14.5 Å². The molecule has 0 spiro atoms. The smallest absolute Gasteiger partial charge is 0.365 e. The van der Waals surface area contributed by atoms with Gasteiger partial charge in [0.2, 0.25) is 11.6 Å². The molecule has 5 rings (SSSR count). The van der Waals surface area contributed by atoms with Gasteiger partial charge in [-0.1, -0.05) is 42.3 Å². The summed E-state index contributed by atoms with van der Waals surface area (Å²) in [6, 6.07) is 11.7. The van der Waals surface area contributed by atoms with Crippen LogP contribution in [-0.2, 0) is 23.4 Å². The molecule has 1 fully saturated rings. The minimum absolute atomic E-state index is 0.105. The number of halogens is 1. The van der Waals surface area contributed by atoms with E-state index in [4.69, 9.17) is 30.3 Å². The average molecular weight is 688 g/mol. The lowest BCUT2D eigenvalue weighted by Gasteiger charge is -2.24. The molecular weight excluding hydrogens is 652 g/mol. The van der Waals surface area contributed by atoms with Crippen LogP contribution in [0.25, 0.3) is 21.9 Å². The lowest BCUT2D eigenvalue weighted by molar-refractivity contribution is -0.149. The van der Waals surface area contributed by atoms with Crippen LogP contribution in [0.2, 0.25) is 0 Å². The minimum atomic E-state index is -4.17. The monoisotopic (exact) mass is 687 g/mol. The summed E-state index contributed by atoms with van der Waals surface area (Å²) < 4.78 is 54.7. The van der Waals surface area contributed by atoms with Crippen LogP contribution >= 0.6 is 18.4 Å². The van der Waals surface area contributed by atoms with Gasteiger partial charge in [0.25, 0.3) is 0 Å². The summed E-state index contributed by atoms with van der Waals surface area (Å²) in [5.41, 5.74) is 3.52. The number of nitrogen functional groups attached to an aromatic ring is 1. The molecule has 0 amide bonds. The number of aliphatic hydroxyl groups excluding tert-OH is 1. The summed E-state index contributed by atoms with van der Waals surface area (Å²) in [7, 11) is 3.45. The fourth-order valence-corrected chi connectivity index (χ4v) is 7.80. The number of rotatable bonds is 12.